The van der Waals surface area contributed by atoms with Crippen molar-refractivity contribution in [1.82, 2.24) is 4.90 Å². The second kappa shape index (κ2) is 6.50. The van der Waals surface area contributed by atoms with E-state index in [0.717, 1.165) is 18.8 Å². The predicted octanol–water partition coefficient (Wildman–Crippen LogP) is 2.41. The van der Waals surface area contributed by atoms with Crippen LogP contribution >= 0.6 is 23.5 Å². The molecule has 1 unspecified atom stereocenters. The van der Waals surface area contributed by atoms with E-state index in [-0.39, 0.29) is 6.04 Å². The van der Waals surface area contributed by atoms with Gasteiger partial charge in [-0.05, 0) is 24.0 Å². The van der Waals surface area contributed by atoms with E-state index in [1.807, 2.05) is 0 Å². The molecule has 18 heavy (non-hydrogen) atoms. The summed E-state index contributed by atoms with van der Waals surface area (Å²) in [6.45, 7) is 1.58. The van der Waals surface area contributed by atoms with Crippen LogP contribution in [0.25, 0.3) is 0 Å². The minimum atomic E-state index is -0.706. The van der Waals surface area contributed by atoms with Crippen molar-refractivity contribution in [3.63, 3.8) is 0 Å². The zero-order chi connectivity index (χ0) is 13.0. The summed E-state index contributed by atoms with van der Waals surface area (Å²) in [5.74, 6) is 1.01. The van der Waals surface area contributed by atoms with Gasteiger partial charge in [0.05, 0.1) is 0 Å². The Morgan fingerprint density at radius 2 is 2.22 bits per heavy atom. The normalized spacial score (nSPS) is 20.8. The first-order valence-corrected chi connectivity index (χ1v) is 8.26. The van der Waals surface area contributed by atoms with Crippen LogP contribution in [0.15, 0.2) is 29.2 Å². The molecule has 1 aromatic rings. The monoisotopic (exact) mass is 283 g/mol. The first kappa shape index (κ1) is 13.8. The average molecular weight is 283 g/mol. The largest absolute Gasteiger partial charge is 0.480 e. The molecule has 1 aliphatic heterocycles. The molecular formula is C13H17NO2S2. The highest BCUT2D eigenvalue weighted by Crippen LogP contribution is 2.21. The van der Waals surface area contributed by atoms with Crippen molar-refractivity contribution >= 4 is 29.5 Å². The molecule has 1 atom stereocenters. The summed E-state index contributed by atoms with van der Waals surface area (Å²) in [6.07, 6.45) is 2.05. The topological polar surface area (TPSA) is 40.5 Å². The molecule has 0 saturated carbocycles. The number of rotatable bonds is 4. The van der Waals surface area contributed by atoms with Gasteiger partial charge in [0.25, 0.3) is 0 Å². The zero-order valence-electron chi connectivity index (χ0n) is 10.3. The van der Waals surface area contributed by atoms with Gasteiger partial charge in [0.1, 0.15) is 6.04 Å². The lowest BCUT2D eigenvalue weighted by Crippen LogP contribution is -2.46. The number of carboxylic acid groups (broad SMARTS) is 1. The van der Waals surface area contributed by atoms with Crippen LogP contribution < -0.4 is 0 Å². The minimum Gasteiger partial charge on any atom is -0.480 e. The summed E-state index contributed by atoms with van der Waals surface area (Å²) >= 11 is 3.44. The van der Waals surface area contributed by atoms with E-state index in [9.17, 15) is 9.90 Å². The fraction of sp³-hybridized carbons (Fsp3) is 0.462. The highest BCUT2D eigenvalue weighted by molar-refractivity contribution is 7.99. The first-order chi connectivity index (χ1) is 8.70. The number of nitrogens with zero attached hydrogens (tertiary/aromatic N) is 1. The van der Waals surface area contributed by atoms with Crippen LogP contribution in [0.1, 0.15) is 5.56 Å². The highest BCUT2D eigenvalue weighted by Gasteiger charge is 2.28. The number of aliphatic carboxylic acids is 1. The summed E-state index contributed by atoms with van der Waals surface area (Å²) in [5.41, 5.74) is 1.19. The number of benzene rings is 1. The smallest absolute Gasteiger partial charge is 0.321 e. The fourth-order valence-corrected chi connectivity index (χ4v) is 3.54. The molecule has 0 aliphatic carbocycles. The summed E-state index contributed by atoms with van der Waals surface area (Å²) < 4.78 is 0. The van der Waals surface area contributed by atoms with Gasteiger partial charge >= 0.3 is 5.97 Å². The van der Waals surface area contributed by atoms with Crippen LogP contribution in [0.4, 0.5) is 0 Å². The van der Waals surface area contributed by atoms with Crippen LogP contribution in [0.5, 0.6) is 0 Å². The van der Waals surface area contributed by atoms with E-state index in [4.69, 9.17) is 0 Å². The Kier molecular flexibility index (Phi) is 4.97. The van der Waals surface area contributed by atoms with Gasteiger partial charge in [-0.2, -0.15) is 11.8 Å². The van der Waals surface area contributed by atoms with Crippen molar-refractivity contribution in [2.75, 3.05) is 24.3 Å². The maximum absolute atomic E-state index is 11.2. The van der Waals surface area contributed by atoms with Crippen LogP contribution in [-0.4, -0.2) is 46.3 Å². The second-order valence-corrected chi connectivity index (χ2v) is 6.28. The standard InChI is InChI=1S/C13H17NO2S2/c1-17-11-4-2-10(3-5-11)8-14-6-7-18-9-12(14)13(15)16/h2-5,12H,6-9H2,1H3,(H,15,16). The van der Waals surface area contributed by atoms with Crippen molar-refractivity contribution in [3.8, 4) is 0 Å². The van der Waals surface area contributed by atoms with Crippen LogP contribution in [0.2, 0.25) is 0 Å². The quantitative estimate of drug-likeness (QED) is 0.859. The van der Waals surface area contributed by atoms with Crippen LogP contribution in [0.3, 0.4) is 0 Å². The molecular weight excluding hydrogens is 266 g/mol. The number of hydrogen-bond acceptors (Lipinski definition) is 4. The Bertz CT molecular complexity index is 408. The number of thioether (sulfide) groups is 2. The van der Waals surface area contributed by atoms with E-state index in [1.165, 1.54) is 10.5 Å². The Labute approximate surface area is 116 Å². The molecule has 2 rings (SSSR count). The van der Waals surface area contributed by atoms with Crippen LogP contribution in [0, 0.1) is 0 Å². The number of carbonyl (C=O) groups is 1. The highest BCUT2D eigenvalue weighted by atomic mass is 32.2. The third kappa shape index (κ3) is 3.43. The van der Waals surface area contributed by atoms with Crippen molar-refractivity contribution in [2.24, 2.45) is 0 Å². The molecule has 5 heteroatoms. The maximum Gasteiger partial charge on any atom is 0.321 e. The second-order valence-electron chi connectivity index (χ2n) is 4.25. The third-order valence-corrected chi connectivity index (χ3v) is 4.84. The van der Waals surface area contributed by atoms with E-state index >= 15 is 0 Å². The Morgan fingerprint density at radius 1 is 1.50 bits per heavy atom. The van der Waals surface area contributed by atoms with E-state index in [1.54, 1.807) is 23.5 Å². The number of hydrogen-bond donors (Lipinski definition) is 1. The van der Waals surface area contributed by atoms with Crippen molar-refractivity contribution in [2.45, 2.75) is 17.5 Å². The van der Waals surface area contributed by atoms with Gasteiger partial charge in [0, 0.05) is 29.5 Å². The van der Waals surface area contributed by atoms with Gasteiger partial charge in [-0.3, -0.25) is 9.69 Å². The van der Waals surface area contributed by atoms with E-state index in [0.29, 0.717) is 5.75 Å². The first-order valence-electron chi connectivity index (χ1n) is 5.88. The molecule has 0 bridgehead atoms. The van der Waals surface area contributed by atoms with Gasteiger partial charge < -0.3 is 5.11 Å². The molecule has 1 N–H and O–H groups in total. The van der Waals surface area contributed by atoms with Gasteiger partial charge in [-0.15, -0.1) is 11.8 Å². The zero-order valence-corrected chi connectivity index (χ0v) is 12.0. The lowest BCUT2D eigenvalue weighted by Gasteiger charge is -2.32. The molecule has 1 heterocycles. The molecule has 0 aromatic heterocycles. The molecule has 1 aliphatic rings. The van der Waals surface area contributed by atoms with Crippen molar-refractivity contribution in [3.05, 3.63) is 29.8 Å². The van der Waals surface area contributed by atoms with E-state index in [2.05, 4.69) is 35.4 Å². The molecule has 0 spiro atoms. The van der Waals surface area contributed by atoms with Crippen LogP contribution in [-0.2, 0) is 11.3 Å². The molecule has 0 amide bonds. The Balaban J connectivity index is 2.03. The van der Waals surface area contributed by atoms with Gasteiger partial charge in [-0.25, -0.2) is 0 Å². The van der Waals surface area contributed by atoms with Crippen molar-refractivity contribution in [1.29, 1.82) is 0 Å². The van der Waals surface area contributed by atoms with E-state index < -0.39 is 5.97 Å². The molecule has 1 aromatic carbocycles. The lowest BCUT2D eigenvalue weighted by molar-refractivity contribution is -0.142. The lowest BCUT2D eigenvalue weighted by atomic mass is 10.2. The number of carboxylic acids is 1. The Hall–Kier alpha value is -0.650. The average Bonchev–Trinajstić information content (AvgIpc) is 2.40. The summed E-state index contributed by atoms with van der Waals surface area (Å²) in [6, 6.07) is 8.02. The van der Waals surface area contributed by atoms with Gasteiger partial charge in [0.2, 0.25) is 0 Å². The fourth-order valence-electron chi connectivity index (χ4n) is 2.02. The van der Waals surface area contributed by atoms with Gasteiger partial charge in [-0.1, -0.05) is 12.1 Å². The summed E-state index contributed by atoms with van der Waals surface area (Å²) in [7, 11) is 0. The van der Waals surface area contributed by atoms with Crippen molar-refractivity contribution < 1.29 is 9.90 Å². The predicted molar refractivity (Wildman–Crippen MR) is 77.4 cm³/mol. The summed E-state index contributed by atoms with van der Waals surface area (Å²) in [4.78, 5) is 14.5. The molecule has 98 valence electrons. The summed E-state index contributed by atoms with van der Waals surface area (Å²) in [5, 5.41) is 9.21. The van der Waals surface area contributed by atoms with Gasteiger partial charge in [0.15, 0.2) is 0 Å². The maximum atomic E-state index is 11.2. The molecule has 0 radical (unpaired) electrons. The SMILES string of the molecule is CSc1ccc(CN2CCSCC2C(=O)O)cc1. The Morgan fingerprint density at radius 3 is 2.83 bits per heavy atom. The molecule has 1 fully saturated rings. The molecule has 1 saturated heterocycles. The third-order valence-electron chi connectivity index (χ3n) is 3.07. The molecule has 3 nitrogen and oxygen atoms in total. The minimum absolute atomic E-state index is 0.344.